The highest BCUT2D eigenvalue weighted by molar-refractivity contribution is 14.1. The van der Waals surface area contributed by atoms with E-state index in [0.29, 0.717) is 36.0 Å². The Morgan fingerprint density at radius 3 is 2.73 bits per heavy atom. The second-order valence-corrected chi connectivity index (χ2v) is 8.32. The maximum Gasteiger partial charge on any atom is 0.329 e. The van der Waals surface area contributed by atoms with Crippen molar-refractivity contribution in [2.45, 2.75) is 13.8 Å². The van der Waals surface area contributed by atoms with Gasteiger partial charge in [-0.25, -0.2) is 9.69 Å². The lowest BCUT2D eigenvalue weighted by Crippen LogP contribution is -2.38. The molecule has 1 aliphatic rings. The van der Waals surface area contributed by atoms with Gasteiger partial charge in [-0.2, -0.15) is 0 Å². The van der Waals surface area contributed by atoms with E-state index in [1.54, 1.807) is 36.4 Å². The number of nitrogens with one attached hydrogen (secondary N) is 2. The van der Waals surface area contributed by atoms with E-state index in [2.05, 4.69) is 39.8 Å². The van der Waals surface area contributed by atoms with Gasteiger partial charge in [0, 0.05) is 5.69 Å². The minimum Gasteiger partial charge on any atom is -0.490 e. The largest absolute Gasteiger partial charge is 0.490 e. The fourth-order valence-corrected chi connectivity index (χ4v) is 3.95. The lowest BCUT2D eigenvalue weighted by Gasteiger charge is -2.14. The Hall–Kier alpha value is -3.34. The number of hydrogen-bond donors (Lipinski definition) is 2. The molecule has 3 rings (SSSR count). The Kier molecular flexibility index (Phi) is 8.10. The van der Waals surface area contributed by atoms with Crippen molar-refractivity contribution in [3.05, 3.63) is 69.4 Å². The number of anilines is 1. The molecular weight excluding hydrogens is 537 g/mol. The van der Waals surface area contributed by atoms with Crippen molar-refractivity contribution in [3.8, 4) is 11.5 Å². The first kappa shape index (κ1) is 24.3. The summed E-state index contributed by atoms with van der Waals surface area (Å²) in [7, 11) is 0. The number of rotatable bonds is 9. The summed E-state index contributed by atoms with van der Waals surface area (Å²) in [6, 6.07) is 10.1. The van der Waals surface area contributed by atoms with Crippen LogP contribution in [-0.2, 0) is 9.59 Å². The number of amides is 4. The van der Waals surface area contributed by atoms with Crippen LogP contribution in [0.5, 0.6) is 11.5 Å². The quantitative estimate of drug-likeness (QED) is 0.208. The molecule has 2 N–H and O–H groups in total. The van der Waals surface area contributed by atoms with Crippen LogP contribution in [0.25, 0.3) is 6.08 Å². The number of ether oxygens (including phenoxy) is 2. The monoisotopic (exact) mass is 561 g/mol. The summed E-state index contributed by atoms with van der Waals surface area (Å²) < 4.78 is 12.1. The average Bonchev–Trinajstić information content (AvgIpc) is 3.00. The van der Waals surface area contributed by atoms with Gasteiger partial charge in [0.25, 0.3) is 5.91 Å². The number of imide groups is 1. The molecule has 0 atom stereocenters. The van der Waals surface area contributed by atoms with Gasteiger partial charge in [0.2, 0.25) is 5.91 Å². The van der Waals surface area contributed by atoms with Crippen molar-refractivity contribution in [3.63, 3.8) is 0 Å². The van der Waals surface area contributed by atoms with Crippen LogP contribution in [0.3, 0.4) is 0 Å². The zero-order valence-corrected chi connectivity index (χ0v) is 20.5. The Balaban J connectivity index is 1.77. The molecule has 0 saturated carbocycles. The minimum absolute atomic E-state index is 0.0707. The fraction of sp³-hybridized carbons (Fsp3) is 0.208. The van der Waals surface area contributed by atoms with Crippen LogP contribution in [-0.4, -0.2) is 42.5 Å². The van der Waals surface area contributed by atoms with Gasteiger partial charge in [-0.1, -0.05) is 24.8 Å². The number of aryl methyl sites for hydroxylation is 1. The van der Waals surface area contributed by atoms with Gasteiger partial charge in [-0.15, -0.1) is 0 Å². The highest BCUT2D eigenvalue weighted by atomic mass is 127. The molecule has 0 unspecified atom stereocenters. The smallest absolute Gasteiger partial charge is 0.329 e. The predicted molar refractivity (Wildman–Crippen MR) is 134 cm³/mol. The average molecular weight is 561 g/mol. The summed E-state index contributed by atoms with van der Waals surface area (Å²) in [6.07, 6.45) is 3.18. The summed E-state index contributed by atoms with van der Waals surface area (Å²) in [5, 5.41) is 5.23. The lowest BCUT2D eigenvalue weighted by atomic mass is 10.1. The van der Waals surface area contributed by atoms with Crippen LogP contribution < -0.4 is 20.1 Å². The lowest BCUT2D eigenvalue weighted by molar-refractivity contribution is -0.127. The highest BCUT2D eigenvalue weighted by Crippen LogP contribution is 2.35. The van der Waals surface area contributed by atoms with Gasteiger partial charge in [-0.05, 0) is 77.9 Å². The van der Waals surface area contributed by atoms with Gasteiger partial charge in [0.1, 0.15) is 18.8 Å². The molecule has 4 amide bonds. The second kappa shape index (κ2) is 11.0. The van der Waals surface area contributed by atoms with Gasteiger partial charge < -0.3 is 20.1 Å². The Bertz CT molecular complexity index is 1130. The first-order valence-corrected chi connectivity index (χ1v) is 11.3. The SMILES string of the molecule is C=CCOc1c(I)cc(/C=C2/NC(=O)N(CC(=O)Nc3cccc(C)c3)C2=O)cc1OCC. The zero-order chi connectivity index (χ0) is 24.0. The summed E-state index contributed by atoms with van der Waals surface area (Å²) in [5.41, 5.74) is 2.29. The number of benzene rings is 2. The molecule has 0 spiro atoms. The maximum absolute atomic E-state index is 12.8. The van der Waals surface area contributed by atoms with Gasteiger partial charge in [0.05, 0.1) is 10.2 Å². The van der Waals surface area contributed by atoms with E-state index in [0.717, 1.165) is 14.0 Å². The molecule has 9 heteroatoms. The molecule has 1 saturated heterocycles. The Morgan fingerprint density at radius 2 is 2.03 bits per heavy atom. The van der Waals surface area contributed by atoms with Crippen molar-refractivity contribution in [2.75, 3.05) is 25.1 Å². The number of hydrogen-bond acceptors (Lipinski definition) is 5. The fourth-order valence-electron chi connectivity index (χ4n) is 3.17. The number of nitrogens with zero attached hydrogens (tertiary/aromatic N) is 1. The molecule has 0 bridgehead atoms. The number of carbonyl (C=O) groups is 3. The van der Waals surface area contributed by atoms with E-state index in [1.165, 1.54) is 0 Å². The molecule has 2 aromatic carbocycles. The van der Waals surface area contributed by atoms with Crippen LogP contribution in [0.4, 0.5) is 10.5 Å². The van der Waals surface area contributed by atoms with E-state index < -0.39 is 24.4 Å². The summed E-state index contributed by atoms with van der Waals surface area (Å²) in [4.78, 5) is 38.4. The van der Waals surface area contributed by atoms with E-state index in [-0.39, 0.29) is 5.70 Å². The van der Waals surface area contributed by atoms with Crippen LogP contribution >= 0.6 is 22.6 Å². The molecule has 1 fully saturated rings. The van der Waals surface area contributed by atoms with E-state index in [9.17, 15) is 14.4 Å². The van der Waals surface area contributed by atoms with Crippen LogP contribution in [0, 0.1) is 10.5 Å². The summed E-state index contributed by atoms with van der Waals surface area (Å²) >= 11 is 2.12. The summed E-state index contributed by atoms with van der Waals surface area (Å²) in [5.74, 6) is 0.0431. The molecule has 0 radical (unpaired) electrons. The van der Waals surface area contributed by atoms with Crippen molar-refractivity contribution < 1.29 is 23.9 Å². The summed E-state index contributed by atoms with van der Waals surface area (Å²) in [6.45, 7) is 7.77. The van der Waals surface area contributed by atoms with Crippen molar-refractivity contribution in [1.29, 1.82) is 0 Å². The molecule has 33 heavy (non-hydrogen) atoms. The third-order valence-corrected chi connectivity index (χ3v) is 5.36. The highest BCUT2D eigenvalue weighted by Gasteiger charge is 2.35. The van der Waals surface area contributed by atoms with E-state index in [1.807, 2.05) is 26.0 Å². The molecule has 0 aliphatic carbocycles. The van der Waals surface area contributed by atoms with Gasteiger partial charge >= 0.3 is 6.03 Å². The Morgan fingerprint density at radius 1 is 1.24 bits per heavy atom. The Labute approximate surface area is 205 Å². The third kappa shape index (κ3) is 6.13. The number of halogens is 1. The first-order chi connectivity index (χ1) is 15.8. The molecule has 0 aromatic heterocycles. The first-order valence-electron chi connectivity index (χ1n) is 10.2. The molecule has 2 aromatic rings. The van der Waals surface area contributed by atoms with Crippen LogP contribution in [0.1, 0.15) is 18.1 Å². The molecule has 172 valence electrons. The zero-order valence-electron chi connectivity index (χ0n) is 18.3. The molecule has 8 nitrogen and oxygen atoms in total. The van der Waals surface area contributed by atoms with Crippen molar-refractivity contribution in [2.24, 2.45) is 0 Å². The normalized spacial score (nSPS) is 14.3. The predicted octanol–water partition coefficient (Wildman–Crippen LogP) is 4.09. The molecule has 1 heterocycles. The third-order valence-electron chi connectivity index (χ3n) is 4.55. The second-order valence-electron chi connectivity index (χ2n) is 7.16. The number of urea groups is 1. The molecular formula is C24H24IN3O5. The number of carbonyl (C=O) groups excluding carboxylic acids is 3. The van der Waals surface area contributed by atoms with Crippen molar-refractivity contribution >= 4 is 52.2 Å². The van der Waals surface area contributed by atoms with Gasteiger partial charge in [0.15, 0.2) is 11.5 Å². The maximum atomic E-state index is 12.8. The molecule has 1 aliphatic heterocycles. The van der Waals surface area contributed by atoms with E-state index >= 15 is 0 Å². The minimum atomic E-state index is -0.656. The van der Waals surface area contributed by atoms with Gasteiger partial charge in [-0.3, -0.25) is 9.59 Å². The van der Waals surface area contributed by atoms with Crippen molar-refractivity contribution in [1.82, 2.24) is 10.2 Å². The van der Waals surface area contributed by atoms with Crippen LogP contribution in [0.2, 0.25) is 0 Å². The van der Waals surface area contributed by atoms with Crippen LogP contribution in [0.15, 0.2) is 54.8 Å². The topological polar surface area (TPSA) is 97.0 Å². The van der Waals surface area contributed by atoms with E-state index in [4.69, 9.17) is 9.47 Å². The standard InChI is InChI=1S/C24H24IN3O5/c1-4-9-33-22-18(25)11-16(13-20(22)32-5-2)12-19-23(30)28(24(31)27-19)14-21(29)26-17-8-6-7-15(3)10-17/h4,6-8,10-13H,1,5,9,14H2,2-3H3,(H,26,29)(H,27,31)/b19-12+.